The highest BCUT2D eigenvalue weighted by molar-refractivity contribution is 5.84. The molecule has 0 saturated carbocycles. The second kappa shape index (κ2) is 9.62. The molecule has 7 nitrogen and oxygen atoms in total. The number of pyridine rings is 1. The first kappa shape index (κ1) is 20.9. The van der Waals surface area contributed by atoms with Crippen LogP contribution in [0.5, 0.6) is 5.75 Å². The van der Waals surface area contributed by atoms with Gasteiger partial charge in [0.1, 0.15) is 11.3 Å². The number of fused-ring (bicyclic) bond motifs is 1. The lowest BCUT2D eigenvalue weighted by molar-refractivity contribution is 0.0410. The highest BCUT2D eigenvalue weighted by Gasteiger charge is 2.29. The van der Waals surface area contributed by atoms with Crippen molar-refractivity contribution in [1.82, 2.24) is 19.7 Å². The van der Waals surface area contributed by atoms with Gasteiger partial charge in [0.05, 0.1) is 19.4 Å². The summed E-state index contributed by atoms with van der Waals surface area (Å²) in [5.41, 5.74) is 2.01. The first-order valence-electron chi connectivity index (χ1n) is 11.0. The number of para-hydroxylation sites is 1. The fourth-order valence-corrected chi connectivity index (χ4v) is 4.60. The van der Waals surface area contributed by atoms with Crippen LogP contribution in [0.3, 0.4) is 0 Å². The molecule has 0 aliphatic carbocycles. The van der Waals surface area contributed by atoms with Crippen molar-refractivity contribution < 1.29 is 14.3 Å². The SMILES string of the molecule is CCOC(=O)N1CCN([C@@H]2CCCN(Cc3ccc4cccc(OC)c4n3)C2)CC1. The molecule has 1 aromatic heterocycles. The molecular formula is C23H32N4O3. The topological polar surface area (TPSA) is 58.1 Å². The number of carbonyl (C=O) groups is 1. The van der Waals surface area contributed by atoms with Crippen LogP contribution in [0.2, 0.25) is 0 Å². The Morgan fingerprint density at radius 3 is 2.73 bits per heavy atom. The van der Waals surface area contributed by atoms with Crippen molar-refractivity contribution in [3.05, 3.63) is 36.0 Å². The van der Waals surface area contributed by atoms with E-state index in [1.54, 1.807) is 7.11 Å². The zero-order valence-electron chi connectivity index (χ0n) is 18.0. The van der Waals surface area contributed by atoms with E-state index in [-0.39, 0.29) is 6.09 Å². The lowest BCUT2D eigenvalue weighted by Crippen LogP contribution is -2.55. The zero-order valence-corrected chi connectivity index (χ0v) is 18.0. The van der Waals surface area contributed by atoms with E-state index >= 15 is 0 Å². The number of methoxy groups -OCH3 is 1. The third kappa shape index (κ3) is 4.68. The third-order valence-corrected chi connectivity index (χ3v) is 6.18. The van der Waals surface area contributed by atoms with Crippen LogP contribution < -0.4 is 4.74 Å². The van der Waals surface area contributed by atoms with Crippen LogP contribution in [-0.4, -0.2) is 84.8 Å². The van der Waals surface area contributed by atoms with Crippen LogP contribution in [0.4, 0.5) is 4.79 Å². The summed E-state index contributed by atoms with van der Waals surface area (Å²) < 4.78 is 10.6. The van der Waals surface area contributed by atoms with Crippen molar-refractivity contribution in [2.75, 3.05) is 53.0 Å². The van der Waals surface area contributed by atoms with Gasteiger partial charge in [-0.25, -0.2) is 9.78 Å². The molecule has 7 heteroatoms. The third-order valence-electron chi connectivity index (χ3n) is 6.18. The van der Waals surface area contributed by atoms with Crippen molar-refractivity contribution in [3.8, 4) is 5.75 Å². The average Bonchev–Trinajstić information content (AvgIpc) is 2.79. The molecule has 1 amide bonds. The molecule has 4 rings (SSSR count). The summed E-state index contributed by atoms with van der Waals surface area (Å²) in [6.07, 6.45) is 2.23. The van der Waals surface area contributed by atoms with Gasteiger partial charge in [0.2, 0.25) is 0 Å². The highest BCUT2D eigenvalue weighted by Crippen LogP contribution is 2.25. The molecule has 2 aliphatic rings. The zero-order chi connectivity index (χ0) is 20.9. The molecule has 30 heavy (non-hydrogen) atoms. The van der Waals surface area contributed by atoms with Crippen molar-refractivity contribution >= 4 is 17.0 Å². The first-order chi connectivity index (χ1) is 14.7. The van der Waals surface area contributed by atoms with E-state index in [9.17, 15) is 4.79 Å². The fourth-order valence-electron chi connectivity index (χ4n) is 4.60. The molecule has 2 fully saturated rings. The van der Waals surface area contributed by atoms with Gasteiger partial charge in [-0.05, 0) is 38.4 Å². The predicted molar refractivity (Wildman–Crippen MR) is 117 cm³/mol. The summed E-state index contributed by atoms with van der Waals surface area (Å²) in [7, 11) is 1.69. The Morgan fingerprint density at radius 2 is 1.97 bits per heavy atom. The number of benzene rings is 1. The van der Waals surface area contributed by atoms with Crippen molar-refractivity contribution in [1.29, 1.82) is 0 Å². The molecule has 2 saturated heterocycles. The van der Waals surface area contributed by atoms with Gasteiger partial charge in [0.25, 0.3) is 0 Å². The Balaban J connectivity index is 1.36. The van der Waals surface area contributed by atoms with Crippen LogP contribution in [0.15, 0.2) is 30.3 Å². The van der Waals surface area contributed by atoms with Gasteiger partial charge in [-0.3, -0.25) is 9.80 Å². The maximum absolute atomic E-state index is 11.9. The number of aromatic nitrogens is 1. The summed E-state index contributed by atoms with van der Waals surface area (Å²) in [5.74, 6) is 0.824. The van der Waals surface area contributed by atoms with E-state index in [0.717, 1.165) is 68.2 Å². The lowest BCUT2D eigenvalue weighted by Gasteiger charge is -2.43. The Hall–Kier alpha value is -2.38. The number of likely N-dealkylation sites (tertiary alicyclic amines) is 1. The second-order valence-corrected chi connectivity index (χ2v) is 8.09. The molecule has 0 N–H and O–H groups in total. The monoisotopic (exact) mass is 412 g/mol. The minimum atomic E-state index is -0.180. The Labute approximate surface area is 178 Å². The lowest BCUT2D eigenvalue weighted by atomic mass is 10.0. The minimum absolute atomic E-state index is 0.180. The largest absolute Gasteiger partial charge is 0.494 e. The number of amides is 1. The molecule has 0 unspecified atom stereocenters. The number of ether oxygens (including phenoxy) is 2. The van der Waals surface area contributed by atoms with E-state index in [2.05, 4.69) is 28.0 Å². The maximum Gasteiger partial charge on any atom is 0.409 e. The van der Waals surface area contributed by atoms with Gasteiger partial charge in [-0.1, -0.05) is 18.2 Å². The van der Waals surface area contributed by atoms with Crippen molar-refractivity contribution in [3.63, 3.8) is 0 Å². The summed E-state index contributed by atoms with van der Waals surface area (Å²) in [5, 5.41) is 1.11. The second-order valence-electron chi connectivity index (χ2n) is 8.09. The van der Waals surface area contributed by atoms with E-state index < -0.39 is 0 Å². The molecule has 2 aromatic rings. The van der Waals surface area contributed by atoms with Gasteiger partial charge < -0.3 is 14.4 Å². The molecule has 3 heterocycles. The summed E-state index contributed by atoms with van der Waals surface area (Å²) in [6, 6.07) is 10.8. The average molecular weight is 413 g/mol. The number of rotatable bonds is 5. The molecule has 162 valence electrons. The smallest absolute Gasteiger partial charge is 0.409 e. The Bertz CT molecular complexity index is 867. The fraction of sp³-hybridized carbons (Fsp3) is 0.565. The first-order valence-corrected chi connectivity index (χ1v) is 11.0. The van der Waals surface area contributed by atoms with Crippen LogP contribution in [0, 0.1) is 0 Å². The van der Waals surface area contributed by atoms with Crippen molar-refractivity contribution in [2.24, 2.45) is 0 Å². The number of carbonyl (C=O) groups excluding carboxylic acids is 1. The minimum Gasteiger partial charge on any atom is -0.494 e. The Kier molecular flexibility index (Phi) is 6.69. The number of piperazine rings is 1. The van der Waals surface area contributed by atoms with Gasteiger partial charge in [0, 0.05) is 50.7 Å². The van der Waals surface area contributed by atoms with Crippen LogP contribution in [-0.2, 0) is 11.3 Å². The molecule has 0 radical (unpaired) electrons. The Morgan fingerprint density at radius 1 is 1.13 bits per heavy atom. The molecular weight excluding hydrogens is 380 g/mol. The van der Waals surface area contributed by atoms with E-state index in [0.29, 0.717) is 12.6 Å². The normalized spacial score (nSPS) is 21.0. The van der Waals surface area contributed by atoms with Gasteiger partial charge >= 0.3 is 6.09 Å². The number of nitrogens with zero attached hydrogens (tertiary/aromatic N) is 4. The highest BCUT2D eigenvalue weighted by atomic mass is 16.6. The molecule has 1 aromatic carbocycles. The van der Waals surface area contributed by atoms with E-state index in [1.165, 1.54) is 12.8 Å². The molecule has 0 bridgehead atoms. The van der Waals surface area contributed by atoms with E-state index in [4.69, 9.17) is 14.5 Å². The standard InChI is InChI=1S/C23H32N4O3/c1-3-30-23(28)27-14-12-26(13-15-27)20-7-5-11-25(17-20)16-19-10-9-18-6-4-8-21(29-2)22(18)24-19/h4,6,8-10,20H,3,5,7,11-17H2,1-2H3/t20-/m1/s1. The quantitative estimate of drug-likeness (QED) is 0.753. The molecule has 1 atom stereocenters. The van der Waals surface area contributed by atoms with Crippen LogP contribution >= 0.6 is 0 Å². The van der Waals surface area contributed by atoms with Crippen LogP contribution in [0.25, 0.3) is 10.9 Å². The predicted octanol–water partition coefficient (Wildman–Crippen LogP) is 2.98. The van der Waals surface area contributed by atoms with Crippen molar-refractivity contribution in [2.45, 2.75) is 32.4 Å². The summed E-state index contributed by atoms with van der Waals surface area (Å²) in [6.45, 7) is 8.63. The molecule has 0 spiro atoms. The maximum atomic E-state index is 11.9. The number of piperidine rings is 1. The van der Waals surface area contributed by atoms with Gasteiger partial charge in [-0.2, -0.15) is 0 Å². The number of hydrogen-bond donors (Lipinski definition) is 0. The van der Waals surface area contributed by atoms with Gasteiger partial charge in [-0.15, -0.1) is 0 Å². The summed E-state index contributed by atoms with van der Waals surface area (Å²) >= 11 is 0. The van der Waals surface area contributed by atoms with E-state index in [1.807, 2.05) is 24.0 Å². The molecule has 2 aliphatic heterocycles. The summed E-state index contributed by atoms with van der Waals surface area (Å²) in [4.78, 5) is 23.7. The number of hydrogen-bond acceptors (Lipinski definition) is 6. The van der Waals surface area contributed by atoms with Gasteiger partial charge in [0.15, 0.2) is 0 Å². The van der Waals surface area contributed by atoms with Crippen LogP contribution in [0.1, 0.15) is 25.5 Å².